The first-order chi connectivity index (χ1) is 14.0. The van der Waals surface area contributed by atoms with Crippen LogP contribution in [0.2, 0.25) is 0 Å². The smallest absolute Gasteiger partial charge is 0.463 e. The molecule has 1 fully saturated rings. The summed E-state index contributed by atoms with van der Waals surface area (Å²) in [5.41, 5.74) is -5.90. The van der Waals surface area contributed by atoms with Crippen molar-refractivity contribution in [2.75, 3.05) is 6.61 Å². The van der Waals surface area contributed by atoms with Crippen molar-refractivity contribution in [2.24, 2.45) is 0 Å². The molecule has 12 nitrogen and oxygen atoms in total. The zero-order chi connectivity index (χ0) is 24.1. The molecule has 0 amide bonds. The topological polar surface area (TPSA) is 158 Å². The van der Waals surface area contributed by atoms with Gasteiger partial charge >= 0.3 is 39.5 Å². The lowest BCUT2D eigenvalue weighted by molar-refractivity contribution is -0.292. The van der Waals surface area contributed by atoms with Crippen LogP contribution >= 0.6 is 0 Å². The Kier molecular flexibility index (Phi) is 8.77. The summed E-state index contributed by atoms with van der Waals surface area (Å²) in [6.07, 6.45) is -10.0. The van der Waals surface area contributed by atoms with E-state index < -0.39 is 76.8 Å². The van der Waals surface area contributed by atoms with E-state index >= 15 is 0 Å². The second-order valence-electron chi connectivity index (χ2n) is 6.06. The van der Waals surface area contributed by atoms with Gasteiger partial charge in [0.2, 0.25) is 6.29 Å². The lowest BCUT2D eigenvalue weighted by Crippen LogP contribution is -2.63. The molecule has 16 heteroatoms. The number of esters is 4. The first kappa shape index (κ1) is 26.6. The molecule has 0 aromatic heterocycles. The van der Waals surface area contributed by atoms with Gasteiger partial charge in [-0.15, -0.1) is 0 Å². The average Bonchev–Trinajstić information content (AvgIpc) is 2.56. The number of alkyl halides is 3. The van der Waals surface area contributed by atoms with E-state index in [-0.39, 0.29) is 0 Å². The van der Waals surface area contributed by atoms with Crippen LogP contribution < -0.4 is 0 Å². The van der Waals surface area contributed by atoms with Gasteiger partial charge in [0, 0.05) is 27.7 Å². The zero-order valence-corrected chi connectivity index (χ0v) is 17.4. The Bertz CT molecular complexity index is 809. The molecule has 1 rings (SSSR count). The maximum Gasteiger partial charge on any atom is 0.523 e. The molecule has 0 N–H and O–H groups in total. The van der Waals surface area contributed by atoms with Crippen LogP contribution in [0, 0.1) is 0 Å². The monoisotopic (exact) mass is 480 g/mol. The molecule has 0 aromatic rings. The number of ether oxygens (including phenoxy) is 5. The quantitative estimate of drug-likeness (QED) is 0.207. The van der Waals surface area contributed by atoms with Crippen molar-refractivity contribution < 1.29 is 68.6 Å². The number of rotatable bonds is 7. The molecule has 1 heterocycles. The van der Waals surface area contributed by atoms with E-state index in [4.69, 9.17) is 18.9 Å². The summed E-state index contributed by atoms with van der Waals surface area (Å²) in [6.45, 7) is 2.82. The standard InChI is InChI=1S/C15H19F3O12S/c1-6(19)25-5-10-11(26-7(2)20)12(27-8(3)21)13(14(29-10)28-9(4)22)30-31(23,24)15(16,17)18/h10-14H,5H2,1-4H3/t10?,11-,12-,13-,14-/m1/s1. The summed E-state index contributed by atoms with van der Waals surface area (Å²) in [4.78, 5) is 45.5. The average molecular weight is 480 g/mol. The van der Waals surface area contributed by atoms with Crippen molar-refractivity contribution in [2.45, 2.75) is 63.9 Å². The highest BCUT2D eigenvalue weighted by Gasteiger charge is 2.58. The highest BCUT2D eigenvalue weighted by atomic mass is 32.2. The fourth-order valence-corrected chi connectivity index (χ4v) is 3.04. The summed E-state index contributed by atoms with van der Waals surface area (Å²) in [6, 6.07) is 0. The van der Waals surface area contributed by atoms with Gasteiger partial charge in [0.25, 0.3) is 0 Å². The van der Waals surface area contributed by atoms with Gasteiger partial charge in [-0.1, -0.05) is 0 Å². The van der Waals surface area contributed by atoms with Gasteiger partial charge < -0.3 is 23.7 Å². The van der Waals surface area contributed by atoms with Crippen LogP contribution in [0.4, 0.5) is 13.2 Å². The second kappa shape index (κ2) is 10.2. The van der Waals surface area contributed by atoms with Gasteiger partial charge in [0.15, 0.2) is 18.3 Å². The van der Waals surface area contributed by atoms with Crippen molar-refractivity contribution >= 4 is 34.0 Å². The molecular weight excluding hydrogens is 461 g/mol. The van der Waals surface area contributed by atoms with Crippen molar-refractivity contribution in [1.29, 1.82) is 0 Å². The summed E-state index contributed by atoms with van der Waals surface area (Å²) >= 11 is 0. The highest BCUT2D eigenvalue weighted by Crippen LogP contribution is 2.34. The third-order valence-corrected chi connectivity index (χ3v) is 4.49. The van der Waals surface area contributed by atoms with E-state index in [2.05, 4.69) is 8.92 Å². The predicted octanol–water partition coefficient (Wildman–Crippen LogP) is -0.0643. The van der Waals surface area contributed by atoms with E-state index in [9.17, 15) is 40.8 Å². The molecule has 0 aliphatic carbocycles. The third kappa shape index (κ3) is 7.62. The van der Waals surface area contributed by atoms with Crippen LogP contribution in [0.5, 0.6) is 0 Å². The van der Waals surface area contributed by atoms with E-state index in [0.29, 0.717) is 0 Å². The molecule has 1 saturated heterocycles. The zero-order valence-electron chi connectivity index (χ0n) is 16.5. The number of carbonyl (C=O) groups is 4. The molecule has 1 aliphatic heterocycles. The molecule has 0 saturated carbocycles. The van der Waals surface area contributed by atoms with Crippen molar-refractivity contribution in [1.82, 2.24) is 0 Å². The largest absolute Gasteiger partial charge is 0.523 e. The number of carbonyl (C=O) groups excluding carboxylic acids is 4. The number of hydrogen-bond acceptors (Lipinski definition) is 12. The second-order valence-corrected chi connectivity index (χ2v) is 7.63. The molecular formula is C15H19F3O12S. The molecule has 1 aliphatic rings. The Hall–Kier alpha value is -2.46. The maximum atomic E-state index is 12.8. The van der Waals surface area contributed by atoms with Gasteiger partial charge in [-0.05, 0) is 0 Å². The van der Waals surface area contributed by atoms with Crippen molar-refractivity contribution in [3.63, 3.8) is 0 Å². The van der Waals surface area contributed by atoms with Crippen LogP contribution in [0.3, 0.4) is 0 Å². The van der Waals surface area contributed by atoms with E-state index in [1.807, 2.05) is 0 Å². The van der Waals surface area contributed by atoms with E-state index in [1.54, 1.807) is 0 Å². The highest BCUT2D eigenvalue weighted by molar-refractivity contribution is 7.87. The summed E-state index contributed by atoms with van der Waals surface area (Å²) < 4.78 is 90.1. The predicted molar refractivity (Wildman–Crippen MR) is 88.0 cm³/mol. The lowest BCUT2D eigenvalue weighted by atomic mass is 9.98. The first-order valence-electron chi connectivity index (χ1n) is 8.35. The maximum absolute atomic E-state index is 12.8. The van der Waals surface area contributed by atoms with Gasteiger partial charge in [0.1, 0.15) is 12.7 Å². The number of hydrogen-bond donors (Lipinski definition) is 0. The van der Waals surface area contributed by atoms with Gasteiger partial charge in [0.05, 0.1) is 0 Å². The summed E-state index contributed by atoms with van der Waals surface area (Å²) in [7, 11) is -6.32. The molecule has 0 spiro atoms. The molecule has 178 valence electrons. The minimum absolute atomic E-state index is 0.693. The summed E-state index contributed by atoms with van der Waals surface area (Å²) in [5.74, 6) is -4.16. The lowest BCUT2D eigenvalue weighted by Gasteiger charge is -2.43. The Labute approximate surface area is 174 Å². The van der Waals surface area contributed by atoms with Crippen LogP contribution in [0.1, 0.15) is 27.7 Å². The minimum atomic E-state index is -6.32. The van der Waals surface area contributed by atoms with E-state index in [1.165, 1.54) is 0 Å². The van der Waals surface area contributed by atoms with Crippen molar-refractivity contribution in [3.05, 3.63) is 0 Å². The van der Waals surface area contributed by atoms with Crippen LogP contribution in [0.15, 0.2) is 0 Å². The first-order valence-corrected chi connectivity index (χ1v) is 9.76. The minimum Gasteiger partial charge on any atom is -0.463 e. The molecule has 0 bridgehead atoms. The van der Waals surface area contributed by atoms with Gasteiger partial charge in [-0.2, -0.15) is 21.6 Å². The van der Waals surface area contributed by atoms with Gasteiger partial charge in [-0.25, -0.2) is 4.18 Å². The Morgan fingerprint density at radius 1 is 0.806 bits per heavy atom. The fourth-order valence-electron chi connectivity index (χ4n) is 2.43. The molecule has 0 radical (unpaired) electrons. The Morgan fingerprint density at radius 2 is 1.29 bits per heavy atom. The van der Waals surface area contributed by atoms with E-state index in [0.717, 1.165) is 27.7 Å². The molecule has 1 unspecified atom stereocenters. The normalized spacial score (nSPS) is 26.5. The fraction of sp³-hybridized carbons (Fsp3) is 0.733. The third-order valence-electron chi connectivity index (χ3n) is 3.45. The molecule has 5 atom stereocenters. The molecule has 31 heavy (non-hydrogen) atoms. The van der Waals surface area contributed by atoms with Crippen molar-refractivity contribution in [3.8, 4) is 0 Å². The van der Waals surface area contributed by atoms with Crippen LogP contribution in [-0.2, 0) is 57.2 Å². The Morgan fingerprint density at radius 3 is 1.71 bits per heavy atom. The molecule has 0 aromatic carbocycles. The number of halogens is 3. The Balaban J connectivity index is 3.50. The van der Waals surface area contributed by atoms with Crippen LogP contribution in [-0.4, -0.2) is 75.1 Å². The van der Waals surface area contributed by atoms with Crippen LogP contribution in [0.25, 0.3) is 0 Å². The summed E-state index contributed by atoms with van der Waals surface area (Å²) in [5, 5.41) is 0. The SMILES string of the molecule is CC(=O)OCC1O[C@@H](OC(C)=O)[C@H](OS(=O)(=O)C(F)(F)F)[C@H](OC(C)=O)[C@@H]1OC(C)=O. The van der Waals surface area contributed by atoms with Gasteiger partial charge in [-0.3, -0.25) is 19.2 Å².